The minimum Gasteiger partial charge on any atom is -0.370 e. The van der Waals surface area contributed by atoms with Gasteiger partial charge in [-0.05, 0) is 53.4 Å². The molecule has 1 heterocycles. The van der Waals surface area contributed by atoms with Crippen LogP contribution in [0.4, 0.5) is 0 Å². The molecule has 0 aliphatic carbocycles. The van der Waals surface area contributed by atoms with Crippen LogP contribution < -0.4 is 0 Å². The van der Waals surface area contributed by atoms with Gasteiger partial charge in [0.15, 0.2) is 0 Å². The molecule has 0 unspecified atom stereocenters. The highest BCUT2D eigenvalue weighted by molar-refractivity contribution is 5.75. The molecule has 0 bridgehead atoms. The molecule has 1 saturated heterocycles. The van der Waals surface area contributed by atoms with Crippen molar-refractivity contribution in [1.82, 2.24) is 0 Å². The Hall–Kier alpha value is -0.370. The molecule has 1 aliphatic heterocycles. The van der Waals surface area contributed by atoms with Gasteiger partial charge < -0.3 is 9.53 Å². The van der Waals surface area contributed by atoms with Gasteiger partial charge in [0.25, 0.3) is 0 Å². The second kappa shape index (κ2) is 3.65. The maximum absolute atomic E-state index is 11.1. The largest absolute Gasteiger partial charge is 0.370 e. The molecule has 1 rings (SSSR count). The summed E-state index contributed by atoms with van der Waals surface area (Å²) in [6.07, 6.45) is 2.70. The quantitative estimate of drug-likeness (QED) is 0.682. The zero-order valence-corrected chi connectivity index (χ0v) is 10.0. The zero-order chi connectivity index (χ0) is 11.0. The Morgan fingerprint density at radius 1 is 1.21 bits per heavy atom. The van der Waals surface area contributed by atoms with Crippen LogP contribution in [0.1, 0.15) is 53.9 Å². The highest BCUT2D eigenvalue weighted by Gasteiger charge is 2.39. The molecule has 0 saturated carbocycles. The third-order valence-electron chi connectivity index (χ3n) is 2.69. The van der Waals surface area contributed by atoms with Crippen molar-refractivity contribution in [3.05, 3.63) is 0 Å². The molecule has 0 spiro atoms. The molecule has 82 valence electrons. The highest BCUT2D eigenvalue weighted by atomic mass is 16.5. The lowest BCUT2D eigenvalue weighted by Gasteiger charge is -2.45. The van der Waals surface area contributed by atoms with Crippen LogP contribution in [0.5, 0.6) is 0 Å². The normalized spacial score (nSPS) is 26.1. The van der Waals surface area contributed by atoms with Crippen LogP contribution in [0.15, 0.2) is 0 Å². The van der Waals surface area contributed by atoms with E-state index in [0.29, 0.717) is 18.1 Å². The lowest BCUT2D eigenvalue weighted by atomic mass is 9.78. The van der Waals surface area contributed by atoms with E-state index in [1.807, 2.05) is 0 Å². The second-order valence-corrected chi connectivity index (χ2v) is 5.80. The minimum absolute atomic E-state index is 0.0815. The van der Waals surface area contributed by atoms with Crippen molar-refractivity contribution >= 4 is 5.78 Å². The molecule has 2 heteroatoms. The van der Waals surface area contributed by atoms with Crippen LogP contribution >= 0.6 is 0 Å². The molecule has 1 fully saturated rings. The molecular formula is C12H22O2. The summed E-state index contributed by atoms with van der Waals surface area (Å²) in [4.78, 5) is 11.1. The molecule has 0 atom stereocenters. The average Bonchev–Trinajstić information content (AvgIpc) is 1.74. The van der Waals surface area contributed by atoms with Crippen molar-refractivity contribution in [2.45, 2.75) is 65.1 Å². The van der Waals surface area contributed by atoms with Gasteiger partial charge in [0.1, 0.15) is 5.78 Å². The van der Waals surface area contributed by atoms with Crippen molar-refractivity contribution in [2.24, 2.45) is 5.92 Å². The fraction of sp³-hybridized carbons (Fsp3) is 0.917. The summed E-state index contributed by atoms with van der Waals surface area (Å²) in [6, 6.07) is 0. The van der Waals surface area contributed by atoms with Crippen molar-refractivity contribution < 1.29 is 9.53 Å². The third-order valence-corrected chi connectivity index (χ3v) is 2.69. The summed E-state index contributed by atoms with van der Waals surface area (Å²) < 4.78 is 5.96. The molecule has 0 aromatic rings. The lowest BCUT2D eigenvalue weighted by Crippen LogP contribution is -2.45. The Morgan fingerprint density at radius 3 is 2.00 bits per heavy atom. The van der Waals surface area contributed by atoms with E-state index in [1.54, 1.807) is 6.92 Å². The fourth-order valence-corrected chi connectivity index (χ4v) is 2.84. The molecule has 14 heavy (non-hydrogen) atoms. The van der Waals surface area contributed by atoms with Gasteiger partial charge in [0, 0.05) is 6.42 Å². The molecule has 0 aromatic carbocycles. The Labute approximate surface area is 87.0 Å². The first-order valence-corrected chi connectivity index (χ1v) is 5.40. The molecule has 2 nitrogen and oxygen atoms in total. The minimum atomic E-state index is -0.0815. The van der Waals surface area contributed by atoms with Crippen LogP contribution in [0.2, 0.25) is 0 Å². The van der Waals surface area contributed by atoms with Gasteiger partial charge in [-0.2, -0.15) is 0 Å². The molecule has 1 aliphatic rings. The monoisotopic (exact) mass is 198 g/mol. The molecular weight excluding hydrogens is 176 g/mol. The molecule has 0 N–H and O–H groups in total. The Bertz CT molecular complexity index is 212. The summed E-state index contributed by atoms with van der Waals surface area (Å²) in [5, 5.41) is 0. The average molecular weight is 198 g/mol. The second-order valence-electron chi connectivity index (χ2n) is 5.80. The van der Waals surface area contributed by atoms with Crippen LogP contribution in [-0.2, 0) is 9.53 Å². The fourth-order valence-electron chi connectivity index (χ4n) is 2.84. The number of ketones is 1. The van der Waals surface area contributed by atoms with Gasteiger partial charge in [-0.15, -0.1) is 0 Å². The first kappa shape index (κ1) is 11.7. The smallest absolute Gasteiger partial charge is 0.130 e. The van der Waals surface area contributed by atoms with Gasteiger partial charge in [0.2, 0.25) is 0 Å². The third kappa shape index (κ3) is 3.41. The topological polar surface area (TPSA) is 26.3 Å². The van der Waals surface area contributed by atoms with Gasteiger partial charge in [-0.25, -0.2) is 0 Å². The number of Topliss-reactive ketones (excluding diaryl/α,β-unsaturated/α-hetero) is 1. The van der Waals surface area contributed by atoms with Crippen LogP contribution in [0, 0.1) is 5.92 Å². The van der Waals surface area contributed by atoms with E-state index < -0.39 is 0 Å². The number of ether oxygens (including phenoxy) is 1. The maximum atomic E-state index is 11.1. The Morgan fingerprint density at radius 2 is 1.64 bits per heavy atom. The van der Waals surface area contributed by atoms with Crippen LogP contribution in [0.3, 0.4) is 0 Å². The molecule has 0 aromatic heterocycles. The van der Waals surface area contributed by atoms with E-state index in [0.717, 1.165) is 12.8 Å². The lowest BCUT2D eigenvalue weighted by molar-refractivity contribution is -0.173. The first-order valence-electron chi connectivity index (χ1n) is 5.40. The number of rotatable bonds is 2. The van der Waals surface area contributed by atoms with E-state index in [-0.39, 0.29) is 11.2 Å². The number of hydrogen-bond donors (Lipinski definition) is 0. The van der Waals surface area contributed by atoms with E-state index >= 15 is 0 Å². The Balaban J connectivity index is 2.66. The summed E-state index contributed by atoms with van der Waals surface area (Å²) in [5.41, 5.74) is -0.163. The van der Waals surface area contributed by atoms with E-state index in [9.17, 15) is 4.79 Å². The number of hydrogen-bond acceptors (Lipinski definition) is 2. The van der Waals surface area contributed by atoms with Crippen LogP contribution in [-0.4, -0.2) is 17.0 Å². The van der Waals surface area contributed by atoms with Crippen molar-refractivity contribution in [1.29, 1.82) is 0 Å². The van der Waals surface area contributed by atoms with Gasteiger partial charge in [-0.1, -0.05) is 0 Å². The highest BCUT2D eigenvalue weighted by Crippen LogP contribution is 2.39. The maximum Gasteiger partial charge on any atom is 0.130 e. The van der Waals surface area contributed by atoms with Gasteiger partial charge in [-0.3, -0.25) is 0 Å². The summed E-state index contributed by atoms with van der Waals surface area (Å²) in [5.74, 6) is 0.787. The standard InChI is InChI=1S/C12H22O2/c1-9(13)6-10-7-11(2,3)14-12(4,5)8-10/h10H,6-8H2,1-5H3. The Kier molecular flexibility index (Phi) is 3.05. The summed E-state index contributed by atoms with van der Waals surface area (Å²) >= 11 is 0. The van der Waals surface area contributed by atoms with Crippen molar-refractivity contribution in [3.8, 4) is 0 Å². The van der Waals surface area contributed by atoms with E-state index in [4.69, 9.17) is 4.74 Å². The van der Waals surface area contributed by atoms with Crippen molar-refractivity contribution in [2.75, 3.05) is 0 Å². The van der Waals surface area contributed by atoms with Gasteiger partial charge >= 0.3 is 0 Å². The van der Waals surface area contributed by atoms with Crippen LogP contribution in [0.25, 0.3) is 0 Å². The number of carbonyl (C=O) groups is 1. The predicted octanol–water partition coefficient (Wildman–Crippen LogP) is 2.95. The first-order chi connectivity index (χ1) is 6.20. The number of carbonyl (C=O) groups excluding carboxylic acids is 1. The summed E-state index contributed by atoms with van der Waals surface area (Å²) in [6.45, 7) is 10.1. The summed E-state index contributed by atoms with van der Waals surface area (Å²) in [7, 11) is 0. The van der Waals surface area contributed by atoms with Crippen molar-refractivity contribution in [3.63, 3.8) is 0 Å². The predicted molar refractivity (Wildman–Crippen MR) is 57.3 cm³/mol. The zero-order valence-electron chi connectivity index (χ0n) is 10.0. The van der Waals surface area contributed by atoms with Gasteiger partial charge in [0.05, 0.1) is 11.2 Å². The molecule has 0 amide bonds. The SMILES string of the molecule is CC(=O)CC1CC(C)(C)OC(C)(C)C1. The molecule has 0 radical (unpaired) electrons. The van der Waals surface area contributed by atoms with E-state index in [2.05, 4.69) is 27.7 Å². The van der Waals surface area contributed by atoms with E-state index in [1.165, 1.54) is 0 Å².